The second kappa shape index (κ2) is 2.90. The molecule has 0 bridgehead atoms. The van der Waals surface area contributed by atoms with Crippen LogP contribution in [0.4, 0.5) is 11.5 Å². The van der Waals surface area contributed by atoms with Crippen molar-refractivity contribution in [1.29, 1.82) is 5.26 Å². The van der Waals surface area contributed by atoms with Gasteiger partial charge in [0.15, 0.2) is 0 Å². The summed E-state index contributed by atoms with van der Waals surface area (Å²) >= 11 is 0. The molecule has 0 aromatic carbocycles. The number of hydrogen-bond donors (Lipinski definition) is 0. The first-order chi connectivity index (χ1) is 6.07. The van der Waals surface area contributed by atoms with Crippen molar-refractivity contribution in [1.82, 2.24) is 4.57 Å². The molecule has 13 heavy (non-hydrogen) atoms. The van der Waals surface area contributed by atoms with E-state index in [0.717, 1.165) is 12.3 Å². The summed E-state index contributed by atoms with van der Waals surface area (Å²) in [5, 5.41) is 28.9. The lowest BCUT2D eigenvalue weighted by atomic mass is 10.5. The lowest BCUT2D eigenvalue weighted by molar-refractivity contribution is -0.425. The molecule has 8 heteroatoms. The Hall–Kier alpha value is -2.43. The minimum Gasteiger partial charge on any atom is -0.358 e. The van der Waals surface area contributed by atoms with Crippen molar-refractivity contribution in [2.75, 3.05) is 0 Å². The van der Waals surface area contributed by atoms with Crippen LogP contribution in [0.1, 0.15) is 0 Å². The fourth-order valence-electron chi connectivity index (χ4n) is 0.818. The Balaban J connectivity index is 3.41. The predicted octanol–water partition coefficient (Wildman–Crippen LogP) is 0.634. The number of hydrogen-bond acceptors (Lipinski definition) is 5. The van der Waals surface area contributed by atoms with Gasteiger partial charge in [-0.2, -0.15) is 0 Å². The molecule has 0 saturated heterocycles. The molecule has 0 saturated carbocycles. The van der Waals surface area contributed by atoms with E-state index in [1.807, 2.05) is 0 Å². The van der Waals surface area contributed by atoms with Crippen molar-refractivity contribution >= 4 is 11.5 Å². The Morgan fingerprint density at radius 3 is 2.38 bits per heavy atom. The minimum atomic E-state index is -0.971. The van der Waals surface area contributed by atoms with E-state index in [-0.39, 0.29) is 0 Å². The maximum Gasteiger partial charge on any atom is 0.416 e. The first-order valence-electron chi connectivity index (χ1n) is 2.98. The van der Waals surface area contributed by atoms with Crippen molar-refractivity contribution in [2.45, 2.75) is 0 Å². The second-order valence-corrected chi connectivity index (χ2v) is 2.01. The molecule has 1 aromatic heterocycles. The van der Waals surface area contributed by atoms with Crippen LogP contribution in [0.5, 0.6) is 0 Å². The van der Waals surface area contributed by atoms with Crippen molar-refractivity contribution in [2.24, 2.45) is 0 Å². The largest absolute Gasteiger partial charge is 0.416 e. The molecule has 0 spiro atoms. The highest BCUT2D eigenvalue weighted by Crippen LogP contribution is 2.26. The molecule has 66 valence electrons. The van der Waals surface area contributed by atoms with E-state index in [9.17, 15) is 20.2 Å². The molecular formula is C5H2N4O4. The van der Waals surface area contributed by atoms with Gasteiger partial charge in [0.05, 0.1) is 11.0 Å². The van der Waals surface area contributed by atoms with Gasteiger partial charge in [-0.15, -0.1) is 9.83 Å². The van der Waals surface area contributed by atoms with Crippen molar-refractivity contribution in [3.63, 3.8) is 0 Å². The molecule has 0 unspecified atom stereocenters. The zero-order valence-corrected chi connectivity index (χ0v) is 6.08. The summed E-state index contributed by atoms with van der Waals surface area (Å²) in [5.41, 5.74) is -0.688. The molecule has 0 aliphatic rings. The highest BCUT2D eigenvalue weighted by Gasteiger charge is 2.29. The zero-order valence-electron chi connectivity index (χ0n) is 6.08. The predicted molar refractivity (Wildman–Crippen MR) is 38.8 cm³/mol. The molecule has 1 rings (SSSR count). The smallest absolute Gasteiger partial charge is 0.358 e. The van der Waals surface area contributed by atoms with Crippen LogP contribution < -0.4 is 0 Å². The van der Waals surface area contributed by atoms with Gasteiger partial charge in [0.2, 0.25) is 0 Å². The maximum absolute atomic E-state index is 10.3. The fourth-order valence-corrected chi connectivity index (χ4v) is 0.818. The quantitative estimate of drug-likeness (QED) is 0.491. The van der Waals surface area contributed by atoms with Gasteiger partial charge in [-0.1, -0.05) is 0 Å². The van der Waals surface area contributed by atoms with Crippen LogP contribution in [0.3, 0.4) is 0 Å². The minimum absolute atomic E-state index is 0.526. The molecule has 8 nitrogen and oxygen atoms in total. The molecule has 0 fully saturated rings. The van der Waals surface area contributed by atoms with Gasteiger partial charge >= 0.3 is 11.5 Å². The summed E-state index contributed by atoms with van der Waals surface area (Å²) < 4.78 is 0.526. The fraction of sp³-hybridized carbons (Fsp3) is 0. The molecular weight excluding hydrogens is 180 g/mol. The van der Waals surface area contributed by atoms with Gasteiger partial charge in [-0.25, -0.2) is 0 Å². The van der Waals surface area contributed by atoms with E-state index in [0.29, 0.717) is 4.57 Å². The topological polar surface area (TPSA) is 115 Å². The van der Waals surface area contributed by atoms with Crippen molar-refractivity contribution < 1.29 is 9.85 Å². The summed E-state index contributed by atoms with van der Waals surface area (Å²) in [6.45, 7) is 0. The molecule has 0 amide bonds. The Kier molecular flexibility index (Phi) is 1.93. The molecule has 1 heterocycles. The Morgan fingerprint density at radius 1 is 1.38 bits per heavy atom. The standard InChI is InChI=1S/C5H2N4O4/c6-3-7-2-1-4(8(10)11)5(7)9(12)13/h1-2H. The lowest BCUT2D eigenvalue weighted by Crippen LogP contribution is -1.99. The third-order valence-corrected chi connectivity index (χ3v) is 1.32. The third-order valence-electron chi connectivity index (χ3n) is 1.32. The summed E-state index contributed by atoms with van der Waals surface area (Å²) in [7, 11) is 0. The van der Waals surface area contributed by atoms with Gasteiger partial charge in [-0.3, -0.25) is 10.1 Å². The van der Waals surface area contributed by atoms with Crippen LogP contribution in [0.25, 0.3) is 0 Å². The van der Waals surface area contributed by atoms with Gasteiger partial charge in [-0.05, 0) is 4.92 Å². The zero-order chi connectivity index (χ0) is 10.0. The monoisotopic (exact) mass is 182 g/mol. The van der Waals surface area contributed by atoms with Gasteiger partial charge in [0.25, 0.3) is 6.19 Å². The molecule has 0 aliphatic carbocycles. The average Bonchev–Trinajstić information content (AvgIpc) is 2.46. The van der Waals surface area contributed by atoms with Crippen molar-refractivity contribution in [3.05, 3.63) is 32.5 Å². The Bertz CT molecular complexity index is 415. The summed E-state index contributed by atoms with van der Waals surface area (Å²) in [6.07, 6.45) is 2.39. The van der Waals surface area contributed by atoms with Crippen LogP contribution in [0.15, 0.2) is 12.3 Å². The van der Waals surface area contributed by atoms with E-state index in [4.69, 9.17) is 5.26 Å². The third kappa shape index (κ3) is 1.30. The van der Waals surface area contributed by atoms with E-state index < -0.39 is 21.4 Å². The normalized spacial score (nSPS) is 9.15. The summed E-state index contributed by atoms with van der Waals surface area (Å²) in [6, 6.07) is 0.904. The van der Waals surface area contributed by atoms with E-state index >= 15 is 0 Å². The number of aromatic nitrogens is 1. The average molecular weight is 182 g/mol. The second-order valence-electron chi connectivity index (χ2n) is 2.01. The number of nitro groups is 2. The van der Waals surface area contributed by atoms with Crippen LogP contribution in [-0.4, -0.2) is 14.4 Å². The molecule has 1 aromatic rings. The number of nitrogens with zero attached hydrogens (tertiary/aromatic N) is 4. The lowest BCUT2D eigenvalue weighted by Gasteiger charge is -1.91. The van der Waals surface area contributed by atoms with Gasteiger partial charge in [0.1, 0.15) is 6.20 Å². The maximum atomic E-state index is 10.3. The summed E-state index contributed by atoms with van der Waals surface area (Å²) in [5.74, 6) is -0.826. The van der Waals surface area contributed by atoms with Gasteiger partial charge in [0, 0.05) is 0 Å². The van der Waals surface area contributed by atoms with Crippen LogP contribution >= 0.6 is 0 Å². The van der Waals surface area contributed by atoms with E-state index in [1.54, 1.807) is 0 Å². The molecule has 0 aliphatic heterocycles. The summed E-state index contributed by atoms with van der Waals surface area (Å²) in [4.78, 5) is 18.6. The first-order valence-corrected chi connectivity index (χ1v) is 2.98. The highest BCUT2D eigenvalue weighted by atomic mass is 16.6. The SMILES string of the molecule is N#Cn1ccc([N+](=O)[O-])c1[N+](=O)[O-]. The molecule has 0 atom stereocenters. The Labute approximate surface area is 70.9 Å². The number of nitriles is 1. The molecule has 0 N–H and O–H groups in total. The van der Waals surface area contributed by atoms with Gasteiger partial charge < -0.3 is 10.1 Å². The van der Waals surface area contributed by atoms with Crippen LogP contribution in [-0.2, 0) is 0 Å². The van der Waals surface area contributed by atoms with Crippen LogP contribution in [0.2, 0.25) is 0 Å². The van der Waals surface area contributed by atoms with E-state index in [2.05, 4.69) is 0 Å². The molecule has 0 radical (unpaired) electrons. The van der Waals surface area contributed by atoms with E-state index in [1.165, 1.54) is 6.19 Å². The van der Waals surface area contributed by atoms with Crippen molar-refractivity contribution in [3.8, 4) is 6.19 Å². The Morgan fingerprint density at radius 2 is 2.00 bits per heavy atom. The number of rotatable bonds is 2. The first kappa shape index (κ1) is 8.66. The highest BCUT2D eigenvalue weighted by molar-refractivity contribution is 5.49. The van der Waals surface area contributed by atoms with Crippen LogP contribution in [0, 0.1) is 31.7 Å².